The van der Waals surface area contributed by atoms with Crippen LogP contribution in [0, 0.1) is 11.3 Å². The van der Waals surface area contributed by atoms with Gasteiger partial charge < -0.3 is 15.0 Å². The molecule has 5 nitrogen and oxygen atoms in total. The SMILES string of the molecule is COC(=O)/C(C#N)=C(/Nc1ccccc1)N1CCCC1. The minimum Gasteiger partial charge on any atom is -0.465 e. The molecule has 0 aromatic heterocycles. The maximum Gasteiger partial charge on any atom is 0.352 e. The summed E-state index contributed by atoms with van der Waals surface area (Å²) in [6.07, 6.45) is 2.11. The van der Waals surface area contributed by atoms with Crippen LogP contribution >= 0.6 is 0 Å². The summed E-state index contributed by atoms with van der Waals surface area (Å²) in [4.78, 5) is 13.8. The van der Waals surface area contributed by atoms with Gasteiger partial charge in [-0.25, -0.2) is 4.79 Å². The molecule has 5 heteroatoms. The van der Waals surface area contributed by atoms with Crippen molar-refractivity contribution in [3.8, 4) is 6.07 Å². The van der Waals surface area contributed by atoms with Gasteiger partial charge in [-0.2, -0.15) is 5.26 Å². The summed E-state index contributed by atoms with van der Waals surface area (Å²) in [6, 6.07) is 11.4. The summed E-state index contributed by atoms with van der Waals surface area (Å²) in [7, 11) is 1.28. The van der Waals surface area contributed by atoms with Gasteiger partial charge in [0, 0.05) is 18.8 Å². The fraction of sp³-hybridized carbons (Fsp3) is 0.333. The molecule has 1 N–H and O–H groups in total. The van der Waals surface area contributed by atoms with Gasteiger partial charge in [0.25, 0.3) is 0 Å². The molecule has 0 bridgehead atoms. The number of anilines is 1. The van der Waals surface area contributed by atoms with Gasteiger partial charge >= 0.3 is 5.97 Å². The van der Waals surface area contributed by atoms with Crippen LogP contribution in [0.15, 0.2) is 41.7 Å². The van der Waals surface area contributed by atoms with E-state index in [1.165, 1.54) is 7.11 Å². The summed E-state index contributed by atoms with van der Waals surface area (Å²) >= 11 is 0. The Kier molecular flexibility index (Phi) is 4.61. The van der Waals surface area contributed by atoms with Crippen molar-refractivity contribution in [2.24, 2.45) is 0 Å². The third-order valence-corrected chi connectivity index (χ3v) is 3.20. The van der Waals surface area contributed by atoms with E-state index in [1.807, 2.05) is 41.3 Å². The maximum absolute atomic E-state index is 11.8. The number of esters is 1. The second-order valence-corrected chi connectivity index (χ2v) is 4.51. The van der Waals surface area contributed by atoms with Crippen LogP contribution in [-0.2, 0) is 9.53 Å². The fourth-order valence-corrected chi connectivity index (χ4v) is 2.20. The van der Waals surface area contributed by atoms with E-state index in [2.05, 4.69) is 5.32 Å². The molecule has 0 radical (unpaired) electrons. The van der Waals surface area contributed by atoms with E-state index in [-0.39, 0.29) is 5.57 Å². The molecule has 0 amide bonds. The third kappa shape index (κ3) is 3.09. The van der Waals surface area contributed by atoms with Crippen LogP contribution in [0.5, 0.6) is 0 Å². The van der Waals surface area contributed by atoms with Crippen molar-refractivity contribution in [2.45, 2.75) is 12.8 Å². The zero-order chi connectivity index (χ0) is 14.4. The Bertz CT molecular complexity index is 540. The predicted molar refractivity (Wildman–Crippen MR) is 75.5 cm³/mol. The van der Waals surface area contributed by atoms with E-state index in [0.29, 0.717) is 5.82 Å². The summed E-state index contributed by atoms with van der Waals surface area (Å²) in [5.41, 5.74) is 0.851. The molecule has 0 unspecified atom stereocenters. The Hall–Kier alpha value is -2.48. The lowest BCUT2D eigenvalue weighted by molar-refractivity contribution is -0.135. The highest BCUT2D eigenvalue weighted by Gasteiger charge is 2.23. The van der Waals surface area contributed by atoms with Gasteiger partial charge in [0.05, 0.1) is 7.11 Å². The number of methoxy groups -OCH3 is 1. The number of nitrogens with one attached hydrogen (secondary N) is 1. The fourth-order valence-electron chi connectivity index (χ4n) is 2.20. The smallest absolute Gasteiger partial charge is 0.352 e. The second kappa shape index (κ2) is 6.62. The Balaban J connectivity index is 2.36. The number of hydrogen-bond acceptors (Lipinski definition) is 5. The average molecular weight is 271 g/mol. The van der Waals surface area contributed by atoms with Crippen LogP contribution in [0.25, 0.3) is 0 Å². The van der Waals surface area contributed by atoms with Gasteiger partial charge in [0.15, 0.2) is 5.57 Å². The van der Waals surface area contributed by atoms with Crippen molar-refractivity contribution in [3.05, 3.63) is 41.7 Å². The highest BCUT2D eigenvalue weighted by Crippen LogP contribution is 2.21. The first-order valence-electron chi connectivity index (χ1n) is 6.56. The molecule has 1 aliphatic heterocycles. The van der Waals surface area contributed by atoms with Crippen molar-refractivity contribution in [1.29, 1.82) is 5.26 Å². The predicted octanol–water partition coefficient (Wildman–Crippen LogP) is 2.10. The molecule has 1 fully saturated rings. The van der Waals surface area contributed by atoms with Crippen molar-refractivity contribution < 1.29 is 9.53 Å². The lowest BCUT2D eigenvalue weighted by Gasteiger charge is -2.23. The third-order valence-electron chi connectivity index (χ3n) is 3.20. The molecule has 1 aromatic carbocycles. The van der Waals surface area contributed by atoms with E-state index in [1.54, 1.807) is 0 Å². The molecule has 1 heterocycles. The molecule has 0 atom stereocenters. The molecule has 1 aliphatic rings. The number of hydrogen-bond donors (Lipinski definition) is 1. The minimum atomic E-state index is -0.613. The quantitative estimate of drug-likeness (QED) is 0.516. The summed E-state index contributed by atoms with van der Waals surface area (Å²) in [5, 5.41) is 12.4. The van der Waals surface area contributed by atoms with E-state index in [0.717, 1.165) is 31.6 Å². The van der Waals surface area contributed by atoms with E-state index in [4.69, 9.17) is 4.74 Å². The summed E-state index contributed by atoms with van der Waals surface area (Å²) in [5.74, 6) is -0.0825. The number of ether oxygens (including phenoxy) is 1. The van der Waals surface area contributed by atoms with Gasteiger partial charge in [-0.05, 0) is 25.0 Å². The Labute approximate surface area is 118 Å². The average Bonchev–Trinajstić information content (AvgIpc) is 3.01. The topological polar surface area (TPSA) is 65.4 Å². The van der Waals surface area contributed by atoms with Crippen molar-refractivity contribution in [3.63, 3.8) is 0 Å². The lowest BCUT2D eigenvalue weighted by Crippen LogP contribution is -2.27. The van der Waals surface area contributed by atoms with Gasteiger partial charge in [0.2, 0.25) is 0 Å². The van der Waals surface area contributed by atoms with Crippen LogP contribution in [0.2, 0.25) is 0 Å². The maximum atomic E-state index is 11.8. The number of benzene rings is 1. The Morgan fingerprint density at radius 1 is 1.30 bits per heavy atom. The first-order chi connectivity index (χ1) is 9.76. The Morgan fingerprint density at radius 2 is 1.95 bits per heavy atom. The molecule has 20 heavy (non-hydrogen) atoms. The van der Waals surface area contributed by atoms with Crippen LogP contribution in [-0.4, -0.2) is 31.1 Å². The molecular weight excluding hydrogens is 254 g/mol. The van der Waals surface area contributed by atoms with E-state index >= 15 is 0 Å². The zero-order valence-corrected chi connectivity index (χ0v) is 11.4. The molecular formula is C15H17N3O2. The highest BCUT2D eigenvalue weighted by molar-refractivity contribution is 5.94. The number of para-hydroxylation sites is 1. The van der Waals surface area contributed by atoms with Crippen LogP contribution < -0.4 is 5.32 Å². The largest absolute Gasteiger partial charge is 0.465 e. The van der Waals surface area contributed by atoms with E-state index in [9.17, 15) is 10.1 Å². The van der Waals surface area contributed by atoms with Crippen LogP contribution in [0.1, 0.15) is 12.8 Å². The molecule has 0 saturated carbocycles. The first kappa shape index (κ1) is 13.9. The normalized spacial score (nSPS) is 15.3. The number of rotatable bonds is 4. The number of carbonyl (C=O) groups is 1. The Morgan fingerprint density at radius 3 is 2.50 bits per heavy atom. The molecule has 1 aromatic rings. The van der Waals surface area contributed by atoms with Crippen LogP contribution in [0.4, 0.5) is 5.69 Å². The van der Waals surface area contributed by atoms with Gasteiger partial charge in [-0.15, -0.1) is 0 Å². The van der Waals surface area contributed by atoms with E-state index < -0.39 is 5.97 Å². The highest BCUT2D eigenvalue weighted by atomic mass is 16.5. The molecule has 1 saturated heterocycles. The first-order valence-corrected chi connectivity index (χ1v) is 6.56. The monoisotopic (exact) mass is 271 g/mol. The minimum absolute atomic E-state index is 0.0123. The van der Waals surface area contributed by atoms with Gasteiger partial charge in [-0.3, -0.25) is 0 Å². The number of nitriles is 1. The lowest BCUT2D eigenvalue weighted by atomic mass is 10.2. The van der Waals surface area contributed by atoms with Gasteiger partial charge in [-0.1, -0.05) is 18.2 Å². The van der Waals surface area contributed by atoms with Crippen molar-refractivity contribution >= 4 is 11.7 Å². The zero-order valence-electron chi connectivity index (χ0n) is 11.4. The second-order valence-electron chi connectivity index (χ2n) is 4.51. The molecule has 2 rings (SSSR count). The summed E-state index contributed by atoms with van der Waals surface area (Å²) < 4.78 is 4.70. The van der Waals surface area contributed by atoms with Crippen LogP contribution in [0.3, 0.4) is 0 Å². The number of likely N-dealkylation sites (tertiary alicyclic amines) is 1. The molecule has 104 valence electrons. The van der Waals surface area contributed by atoms with Gasteiger partial charge in [0.1, 0.15) is 11.9 Å². The number of carbonyl (C=O) groups excluding carboxylic acids is 1. The summed E-state index contributed by atoms with van der Waals surface area (Å²) in [6.45, 7) is 1.66. The van der Waals surface area contributed by atoms with Crippen molar-refractivity contribution in [2.75, 3.05) is 25.5 Å². The number of nitrogens with zero attached hydrogens (tertiary/aromatic N) is 2. The molecule has 0 spiro atoms. The molecule has 0 aliphatic carbocycles. The van der Waals surface area contributed by atoms with Crippen molar-refractivity contribution in [1.82, 2.24) is 4.90 Å². The standard InChI is InChI=1S/C15H17N3O2/c1-20-15(19)13(11-16)14(18-9-5-6-10-18)17-12-7-3-2-4-8-12/h2-4,7-8,17H,5-6,9-10H2,1H3/b14-13-.